The highest BCUT2D eigenvalue weighted by Gasteiger charge is 2.21. The van der Waals surface area contributed by atoms with Crippen LogP contribution in [0.3, 0.4) is 0 Å². The molecule has 0 spiro atoms. The molecule has 0 atom stereocenters. The Kier molecular flexibility index (Phi) is 6.49. The minimum Gasteiger partial charge on any atom is -0.497 e. The number of hydrogen-bond donors (Lipinski definition) is 0. The molecule has 7 heteroatoms. The first-order valence-corrected chi connectivity index (χ1v) is 10.6. The van der Waals surface area contributed by atoms with Gasteiger partial charge in [-0.05, 0) is 67.1 Å². The monoisotopic (exact) mass is 446 g/mol. The molecule has 0 N–H and O–H groups in total. The fourth-order valence-electron chi connectivity index (χ4n) is 3.82. The molecule has 4 aromatic rings. The van der Waals surface area contributed by atoms with Crippen molar-refractivity contribution in [3.63, 3.8) is 0 Å². The molecule has 0 bridgehead atoms. The minimum absolute atomic E-state index is 0.164. The summed E-state index contributed by atoms with van der Waals surface area (Å²) in [7, 11) is 4.62. The van der Waals surface area contributed by atoms with Gasteiger partial charge < -0.3 is 18.6 Å². The van der Waals surface area contributed by atoms with E-state index in [4.69, 9.17) is 23.7 Å². The van der Waals surface area contributed by atoms with Gasteiger partial charge >= 0.3 is 5.97 Å². The zero-order valence-corrected chi connectivity index (χ0v) is 19.1. The Bertz CT molecular complexity index is 1240. The van der Waals surface area contributed by atoms with Gasteiger partial charge in [0.2, 0.25) is 5.76 Å². The van der Waals surface area contributed by atoms with E-state index in [1.165, 1.54) is 7.11 Å². The number of aromatic nitrogens is 2. The van der Waals surface area contributed by atoms with Gasteiger partial charge in [-0.15, -0.1) is 0 Å². The molecule has 0 aliphatic rings. The van der Waals surface area contributed by atoms with Crippen LogP contribution in [0, 0.1) is 0 Å². The third-order valence-corrected chi connectivity index (χ3v) is 5.48. The SMILES string of the molecule is CCc1c(-c2ccc(OC)cc2)nn(Cc2ccc(C(=O)OC)o2)c1-c1ccc(OC)cc1. The molecule has 0 aliphatic carbocycles. The molecule has 0 aliphatic heterocycles. The number of carbonyl (C=O) groups is 1. The standard InChI is InChI=1S/C26H26N2O5/c1-5-22-24(17-6-10-19(30-2)11-7-17)27-28(16-21-14-15-23(33-21)26(29)32-4)25(22)18-8-12-20(31-3)13-9-18/h6-15H,5,16H2,1-4H3. The van der Waals surface area contributed by atoms with Crippen molar-refractivity contribution in [2.24, 2.45) is 0 Å². The topological polar surface area (TPSA) is 75.7 Å². The first-order valence-electron chi connectivity index (χ1n) is 10.6. The summed E-state index contributed by atoms with van der Waals surface area (Å²) >= 11 is 0. The fraction of sp³-hybridized carbons (Fsp3) is 0.231. The van der Waals surface area contributed by atoms with Crippen molar-refractivity contribution in [3.8, 4) is 34.0 Å². The van der Waals surface area contributed by atoms with Crippen LogP contribution in [0.1, 0.15) is 28.8 Å². The highest BCUT2D eigenvalue weighted by Crippen LogP contribution is 2.35. The van der Waals surface area contributed by atoms with Crippen molar-refractivity contribution in [2.45, 2.75) is 19.9 Å². The zero-order chi connectivity index (χ0) is 23.4. The average Bonchev–Trinajstić information content (AvgIpc) is 3.48. The molecule has 0 saturated heterocycles. The number of nitrogens with zero attached hydrogens (tertiary/aromatic N) is 2. The molecule has 2 heterocycles. The summed E-state index contributed by atoms with van der Waals surface area (Å²) in [6.45, 7) is 2.48. The molecule has 170 valence electrons. The van der Waals surface area contributed by atoms with Crippen molar-refractivity contribution in [2.75, 3.05) is 21.3 Å². The second-order valence-electron chi connectivity index (χ2n) is 7.40. The molecule has 2 aromatic heterocycles. The smallest absolute Gasteiger partial charge is 0.373 e. The molecule has 33 heavy (non-hydrogen) atoms. The van der Waals surface area contributed by atoms with E-state index in [1.807, 2.05) is 53.2 Å². The number of benzene rings is 2. The Morgan fingerprint density at radius 1 is 0.879 bits per heavy atom. The van der Waals surface area contributed by atoms with E-state index in [0.717, 1.165) is 46.0 Å². The maximum Gasteiger partial charge on any atom is 0.373 e. The molecular formula is C26H26N2O5. The number of hydrogen-bond acceptors (Lipinski definition) is 6. The van der Waals surface area contributed by atoms with Crippen LogP contribution in [-0.2, 0) is 17.7 Å². The van der Waals surface area contributed by atoms with Crippen LogP contribution in [0.25, 0.3) is 22.5 Å². The van der Waals surface area contributed by atoms with Crippen molar-refractivity contribution in [1.29, 1.82) is 0 Å². The Balaban J connectivity index is 1.82. The van der Waals surface area contributed by atoms with Crippen molar-refractivity contribution in [1.82, 2.24) is 9.78 Å². The highest BCUT2D eigenvalue weighted by atomic mass is 16.5. The second-order valence-corrected chi connectivity index (χ2v) is 7.40. The number of esters is 1. The van der Waals surface area contributed by atoms with E-state index < -0.39 is 5.97 Å². The highest BCUT2D eigenvalue weighted by molar-refractivity contribution is 5.86. The van der Waals surface area contributed by atoms with Crippen molar-refractivity contribution >= 4 is 5.97 Å². The number of furan rings is 1. The normalized spacial score (nSPS) is 10.8. The molecular weight excluding hydrogens is 420 g/mol. The van der Waals surface area contributed by atoms with Gasteiger partial charge in [0, 0.05) is 16.7 Å². The van der Waals surface area contributed by atoms with Gasteiger partial charge in [-0.1, -0.05) is 6.92 Å². The summed E-state index contributed by atoms with van der Waals surface area (Å²) in [6.07, 6.45) is 0.786. The Hall–Kier alpha value is -4.00. The first-order chi connectivity index (χ1) is 16.1. The summed E-state index contributed by atoms with van der Waals surface area (Å²) in [5.74, 6) is 1.84. The molecule has 4 rings (SSSR count). The largest absolute Gasteiger partial charge is 0.497 e. The van der Waals surface area contributed by atoms with Crippen molar-refractivity contribution in [3.05, 3.63) is 77.7 Å². The predicted octanol–water partition coefficient (Wildman–Crippen LogP) is 5.22. The van der Waals surface area contributed by atoms with E-state index in [-0.39, 0.29) is 5.76 Å². The molecule has 0 amide bonds. The Labute approximate surface area is 192 Å². The maximum absolute atomic E-state index is 11.8. The van der Waals surface area contributed by atoms with Crippen LogP contribution in [0.2, 0.25) is 0 Å². The lowest BCUT2D eigenvalue weighted by Gasteiger charge is -2.09. The van der Waals surface area contributed by atoms with E-state index >= 15 is 0 Å². The lowest BCUT2D eigenvalue weighted by Crippen LogP contribution is -2.04. The fourth-order valence-corrected chi connectivity index (χ4v) is 3.82. The minimum atomic E-state index is -0.509. The molecule has 7 nitrogen and oxygen atoms in total. The lowest BCUT2D eigenvalue weighted by molar-refractivity contribution is 0.0563. The lowest BCUT2D eigenvalue weighted by atomic mass is 9.99. The number of ether oxygens (including phenoxy) is 3. The van der Waals surface area contributed by atoms with Gasteiger partial charge in [0.25, 0.3) is 0 Å². The van der Waals surface area contributed by atoms with Gasteiger partial charge in [-0.3, -0.25) is 4.68 Å². The average molecular weight is 447 g/mol. The zero-order valence-electron chi connectivity index (χ0n) is 19.1. The predicted molar refractivity (Wildman–Crippen MR) is 125 cm³/mol. The summed E-state index contributed by atoms with van der Waals surface area (Å²) < 4.78 is 23.0. The molecule has 0 unspecified atom stereocenters. The van der Waals surface area contributed by atoms with Crippen LogP contribution in [-0.4, -0.2) is 37.1 Å². The number of carbonyl (C=O) groups excluding carboxylic acids is 1. The van der Waals surface area contributed by atoms with Crippen LogP contribution >= 0.6 is 0 Å². The van der Waals surface area contributed by atoms with E-state index in [9.17, 15) is 4.79 Å². The van der Waals surface area contributed by atoms with E-state index in [0.29, 0.717) is 12.3 Å². The quantitative estimate of drug-likeness (QED) is 0.345. The van der Waals surface area contributed by atoms with Crippen LogP contribution in [0.15, 0.2) is 65.1 Å². The summed E-state index contributed by atoms with van der Waals surface area (Å²) in [5, 5.41) is 4.96. The van der Waals surface area contributed by atoms with E-state index in [1.54, 1.807) is 26.4 Å². The number of methoxy groups -OCH3 is 3. The van der Waals surface area contributed by atoms with Gasteiger partial charge in [-0.2, -0.15) is 5.10 Å². The Morgan fingerprint density at radius 3 is 2.03 bits per heavy atom. The van der Waals surface area contributed by atoms with Crippen LogP contribution in [0.4, 0.5) is 0 Å². The van der Waals surface area contributed by atoms with Gasteiger partial charge in [0.15, 0.2) is 0 Å². The number of rotatable bonds is 8. The molecule has 0 saturated carbocycles. The van der Waals surface area contributed by atoms with Gasteiger partial charge in [-0.25, -0.2) is 4.79 Å². The maximum atomic E-state index is 11.8. The summed E-state index contributed by atoms with van der Waals surface area (Å²) in [4.78, 5) is 11.8. The summed E-state index contributed by atoms with van der Waals surface area (Å²) in [5.41, 5.74) is 5.01. The van der Waals surface area contributed by atoms with Crippen LogP contribution in [0.5, 0.6) is 11.5 Å². The second kappa shape index (κ2) is 9.65. The van der Waals surface area contributed by atoms with Crippen LogP contribution < -0.4 is 9.47 Å². The van der Waals surface area contributed by atoms with E-state index in [2.05, 4.69) is 6.92 Å². The molecule has 2 aromatic carbocycles. The first kappa shape index (κ1) is 22.2. The molecule has 0 fully saturated rings. The Morgan fingerprint density at radius 2 is 1.48 bits per heavy atom. The molecule has 0 radical (unpaired) electrons. The third-order valence-electron chi connectivity index (χ3n) is 5.48. The third kappa shape index (κ3) is 4.48. The van der Waals surface area contributed by atoms with Gasteiger partial charge in [0.05, 0.1) is 39.3 Å². The van der Waals surface area contributed by atoms with Crippen molar-refractivity contribution < 1.29 is 23.4 Å². The van der Waals surface area contributed by atoms with Gasteiger partial charge in [0.1, 0.15) is 17.3 Å². The summed E-state index contributed by atoms with van der Waals surface area (Å²) in [6, 6.07) is 19.1.